The zero-order chi connectivity index (χ0) is 27.2. The van der Waals surface area contributed by atoms with Crippen LogP contribution in [0.1, 0.15) is 5.56 Å². The highest BCUT2D eigenvalue weighted by Crippen LogP contribution is 2.44. The molecule has 4 heteroatoms. The van der Waals surface area contributed by atoms with E-state index in [1.54, 1.807) is 7.05 Å². The quantitative estimate of drug-likeness (QED) is 0.224. The van der Waals surface area contributed by atoms with Gasteiger partial charge in [0, 0.05) is 7.05 Å². The fourth-order valence-corrected chi connectivity index (χ4v) is 5.86. The van der Waals surface area contributed by atoms with Crippen molar-refractivity contribution in [2.45, 2.75) is 0 Å². The van der Waals surface area contributed by atoms with E-state index in [4.69, 9.17) is 0 Å². The Kier molecular flexibility index (Phi) is 5.50. The molecular weight excluding hydrogens is 490 g/mol. The van der Waals surface area contributed by atoms with E-state index in [-0.39, 0.29) is 5.69 Å². The average Bonchev–Trinajstić information content (AvgIpc) is 3.01. The molecule has 188 valence electrons. The number of nitrogens with zero attached hydrogens (tertiary/aromatic N) is 3. The van der Waals surface area contributed by atoms with E-state index in [0.717, 1.165) is 16.7 Å². The molecule has 0 aliphatic carbocycles. The standard InChI is InChI=1S/C36H23N3O/c1-39-35(28(21-37)22-38-36(39)40)25-17-15-24(16-18-25)33-29-10-4-6-12-31(29)34(32-13-7-5-11-30(32)33)27-19-14-23-8-2-3-9-26(23)20-27/h2-20,22H,1H3. The highest BCUT2D eigenvalue weighted by Gasteiger charge is 2.17. The topological polar surface area (TPSA) is 58.7 Å². The Morgan fingerprint density at radius 2 is 1.12 bits per heavy atom. The monoisotopic (exact) mass is 513 g/mol. The molecule has 6 aromatic carbocycles. The molecule has 1 aromatic heterocycles. The summed E-state index contributed by atoms with van der Waals surface area (Å²) in [5.41, 5.74) is 5.98. The van der Waals surface area contributed by atoms with Crippen molar-refractivity contribution in [3.8, 4) is 39.6 Å². The van der Waals surface area contributed by atoms with Gasteiger partial charge in [0.25, 0.3) is 0 Å². The van der Waals surface area contributed by atoms with E-state index in [1.807, 2.05) is 12.1 Å². The molecule has 1 heterocycles. The minimum atomic E-state index is -0.389. The van der Waals surface area contributed by atoms with Gasteiger partial charge in [0.1, 0.15) is 6.07 Å². The first-order valence-electron chi connectivity index (χ1n) is 13.1. The number of hydrogen-bond acceptors (Lipinski definition) is 3. The normalized spacial score (nSPS) is 11.2. The summed E-state index contributed by atoms with van der Waals surface area (Å²) in [7, 11) is 1.64. The summed E-state index contributed by atoms with van der Waals surface area (Å²) in [5, 5.41) is 16.8. The summed E-state index contributed by atoms with van der Waals surface area (Å²) in [5.74, 6) is 0. The molecular formula is C36H23N3O. The number of aromatic nitrogens is 2. The second kappa shape index (κ2) is 9.34. The van der Waals surface area contributed by atoms with Gasteiger partial charge in [0.15, 0.2) is 0 Å². The minimum Gasteiger partial charge on any atom is -0.294 e. The Hall–Kier alpha value is -5.53. The second-order valence-corrected chi connectivity index (χ2v) is 9.95. The van der Waals surface area contributed by atoms with Gasteiger partial charge in [-0.05, 0) is 66.2 Å². The Labute approximate surface area is 231 Å². The second-order valence-electron chi connectivity index (χ2n) is 9.95. The van der Waals surface area contributed by atoms with Crippen molar-refractivity contribution in [1.82, 2.24) is 9.55 Å². The maximum atomic E-state index is 12.2. The van der Waals surface area contributed by atoms with Crippen LogP contribution in [0.25, 0.3) is 65.8 Å². The molecule has 0 N–H and O–H groups in total. The van der Waals surface area contributed by atoms with Gasteiger partial charge in [-0.25, -0.2) is 9.78 Å². The van der Waals surface area contributed by atoms with Crippen LogP contribution in [-0.4, -0.2) is 9.55 Å². The van der Waals surface area contributed by atoms with Crippen molar-refractivity contribution in [3.05, 3.63) is 138 Å². The van der Waals surface area contributed by atoms with Crippen LogP contribution in [0, 0.1) is 11.3 Å². The number of rotatable bonds is 3. The third kappa shape index (κ3) is 3.68. The SMILES string of the molecule is Cn1c(-c2ccc(-c3c4ccccc4c(-c4ccc5ccccc5c4)c4ccccc34)cc2)c(C#N)cnc1=O. The van der Waals surface area contributed by atoms with Gasteiger partial charge in [-0.3, -0.25) is 4.57 Å². The molecule has 0 aliphatic rings. The summed E-state index contributed by atoms with van der Waals surface area (Å²) in [6.45, 7) is 0. The summed E-state index contributed by atoms with van der Waals surface area (Å²) in [6.07, 6.45) is 1.35. The van der Waals surface area contributed by atoms with Crippen LogP contribution in [0.2, 0.25) is 0 Å². The minimum absolute atomic E-state index is 0.366. The molecule has 0 unspecified atom stereocenters. The molecule has 0 radical (unpaired) electrons. The fraction of sp³-hybridized carbons (Fsp3) is 0.0278. The number of benzene rings is 6. The predicted octanol–water partition coefficient (Wildman–Crippen LogP) is 8.11. The van der Waals surface area contributed by atoms with Gasteiger partial charge in [-0.2, -0.15) is 5.26 Å². The van der Waals surface area contributed by atoms with Crippen LogP contribution in [-0.2, 0) is 7.05 Å². The van der Waals surface area contributed by atoms with Crippen LogP contribution in [0.5, 0.6) is 0 Å². The van der Waals surface area contributed by atoms with E-state index in [9.17, 15) is 10.1 Å². The van der Waals surface area contributed by atoms with E-state index in [1.165, 1.54) is 54.2 Å². The lowest BCUT2D eigenvalue weighted by Crippen LogP contribution is -2.22. The van der Waals surface area contributed by atoms with Crippen LogP contribution in [0.3, 0.4) is 0 Å². The smallest absolute Gasteiger partial charge is 0.294 e. The molecule has 0 fully saturated rings. The Balaban J connectivity index is 1.48. The first kappa shape index (κ1) is 23.6. The summed E-state index contributed by atoms with van der Waals surface area (Å²) in [6, 6.07) is 42.6. The van der Waals surface area contributed by atoms with Crippen molar-refractivity contribution in [2.24, 2.45) is 7.05 Å². The molecule has 0 atom stereocenters. The zero-order valence-electron chi connectivity index (χ0n) is 21.8. The van der Waals surface area contributed by atoms with Gasteiger partial charge in [-0.1, -0.05) is 109 Å². The number of fused-ring (bicyclic) bond motifs is 3. The summed E-state index contributed by atoms with van der Waals surface area (Å²) in [4.78, 5) is 16.0. The fourth-order valence-electron chi connectivity index (χ4n) is 5.86. The highest BCUT2D eigenvalue weighted by atomic mass is 16.1. The molecule has 0 saturated carbocycles. The lowest BCUT2D eigenvalue weighted by molar-refractivity contribution is 0.816. The van der Waals surface area contributed by atoms with E-state index in [2.05, 4.69) is 114 Å². The molecule has 0 amide bonds. The molecule has 40 heavy (non-hydrogen) atoms. The first-order valence-corrected chi connectivity index (χ1v) is 13.1. The molecule has 0 saturated heterocycles. The third-order valence-electron chi connectivity index (χ3n) is 7.72. The van der Waals surface area contributed by atoms with E-state index in [0.29, 0.717) is 11.3 Å². The van der Waals surface area contributed by atoms with Crippen molar-refractivity contribution >= 4 is 32.3 Å². The molecule has 4 nitrogen and oxygen atoms in total. The summed E-state index contributed by atoms with van der Waals surface area (Å²) < 4.78 is 1.43. The van der Waals surface area contributed by atoms with Crippen molar-refractivity contribution in [3.63, 3.8) is 0 Å². The van der Waals surface area contributed by atoms with Gasteiger partial charge in [0.05, 0.1) is 17.5 Å². The van der Waals surface area contributed by atoms with E-state index < -0.39 is 0 Å². The molecule has 7 aromatic rings. The van der Waals surface area contributed by atoms with Crippen LogP contribution >= 0.6 is 0 Å². The number of nitriles is 1. The van der Waals surface area contributed by atoms with Gasteiger partial charge in [0.2, 0.25) is 0 Å². The summed E-state index contributed by atoms with van der Waals surface area (Å²) >= 11 is 0. The van der Waals surface area contributed by atoms with Gasteiger partial charge in [-0.15, -0.1) is 0 Å². The molecule has 0 bridgehead atoms. The predicted molar refractivity (Wildman–Crippen MR) is 163 cm³/mol. The maximum absolute atomic E-state index is 12.2. The third-order valence-corrected chi connectivity index (χ3v) is 7.72. The largest absolute Gasteiger partial charge is 0.347 e. The maximum Gasteiger partial charge on any atom is 0.347 e. The zero-order valence-corrected chi connectivity index (χ0v) is 21.8. The lowest BCUT2D eigenvalue weighted by Gasteiger charge is -2.18. The number of hydrogen-bond donors (Lipinski definition) is 0. The van der Waals surface area contributed by atoms with Crippen LogP contribution < -0.4 is 5.69 Å². The molecule has 0 aliphatic heterocycles. The van der Waals surface area contributed by atoms with Crippen LogP contribution in [0.15, 0.2) is 126 Å². The van der Waals surface area contributed by atoms with Crippen molar-refractivity contribution in [1.29, 1.82) is 5.26 Å². The van der Waals surface area contributed by atoms with E-state index >= 15 is 0 Å². The average molecular weight is 514 g/mol. The van der Waals surface area contributed by atoms with Crippen LogP contribution in [0.4, 0.5) is 0 Å². The Bertz CT molecular complexity index is 2150. The van der Waals surface area contributed by atoms with Crippen molar-refractivity contribution < 1.29 is 0 Å². The first-order chi connectivity index (χ1) is 19.6. The lowest BCUT2D eigenvalue weighted by atomic mass is 9.85. The molecule has 0 spiro atoms. The van der Waals surface area contributed by atoms with Gasteiger partial charge < -0.3 is 0 Å². The molecule has 7 rings (SSSR count). The Morgan fingerprint density at radius 3 is 1.73 bits per heavy atom. The Morgan fingerprint density at radius 1 is 0.625 bits per heavy atom. The van der Waals surface area contributed by atoms with Gasteiger partial charge >= 0.3 is 5.69 Å². The van der Waals surface area contributed by atoms with Crippen molar-refractivity contribution in [2.75, 3.05) is 0 Å². The highest BCUT2D eigenvalue weighted by molar-refractivity contribution is 6.21.